The van der Waals surface area contributed by atoms with E-state index in [-0.39, 0.29) is 35.3 Å². The number of ether oxygens (including phenoxy) is 3. The van der Waals surface area contributed by atoms with Gasteiger partial charge in [-0.3, -0.25) is 0 Å². The number of benzene rings is 2. The SMILES string of the molecule is C[S+](C)CCOCN(COCC[S+](C)C)S(=O)(=O)/C=C/c1ccc(OCc2cccc(Br)c2)cc1. The van der Waals surface area contributed by atoms with Crippen molar-refractivity contribution < 1.29 is 22.6 Å². The standard InChI is InChI=1S/C25H36BrNO5S3/c1-33(2)15-13-30-20-27(21-31-14-16-34(3)4)35(28,29)17-12-22-8-10-25(11-9-22)32-19-23-6-5-7-24(26)18-23/h5-12,17-18H,13-16,19-21H2,1-4H3/q+2/b17-12+. The van der Waals surface area contributed by atoms with E-state index in [9.17, 15) is 8.42 Å². The van der Waals surface area contributed by atoms with E-state index in [4.69, 9.17) is 14.2 Å². The Hall–Kier alpha value is -1.01. The number of hydrogen-bond acceptors (Lipinski definition) is 5. The molecule has 10 heteroatoms. The van der Waals surface area contributed by atoms with Gasteiger partial charge in [-0.15, -0.1) is 4.31 Å². The van der Waals surface area contributed by atoms with Crippen LogP contribution in [0.25, 0.3) is 6.08 Å². The van der Waals surface area contributed by atoms with Crippen molar-refractivity contribution in [2.45, 2.75) is 6.61 Å². The van der Waals surface area contributed by atoms with Crippen molar-refractivity contribution in [1.29, 1.82) is 0 Å². The Morgan fingerprint density at radius 1 is 0.914 bits per heavy atom. The average molecular weight is 607 g/mol. The summed E-state index contributed by atoms with van der Waals surface area (Å²) in [5.74, 6) is 2.51. The second-order valence-corrected chi connectivity index (χ2v) is 15.7. The van der Waals surface area contributed by atoms with Gasteiger partial charge in [-0.25, -0.2) is 8.42 Å². The maximum Gasteiger partial charge on any atom is 0.240 e. The lowest BCUT2D eigenvalue weighted by molar-refractivity contribution is 0.0107. The van der Waals surface area contributed by atoms with Crippen molar-refractivity contribution in [1.82, 2.24) is 4.31 Å². The van der Waals surface area contributed by atoms with E-state index in [0.29, 0.717) is 25.6 Å². The number of nitrogens with zero attached hydrogens (tertiary/aromatic N) is 1. The van der Waals surface area contributed by atoms with Gasteiger partial charge in [0.1, 0.15) is 37.3 Å². The highest BCUT2D eigenvalue weighted by atomic mass is 79.9. The Morgan fingerprint density at radius 2 is 1.51 bits per heavy atom. The van der Waals surface area contributed by atoms with Crippen molar-refractivity contribution in [2.75, 3.05) is 63.2 Å². The number of hydrogen-bond donors (Lipinski definition) is 0. The minimum Gasteiger partial charge on any atom is -0.489 e. The fourth-order valence-electron chi connectivity index (χ4n) is 2.69. The van der Waals surface area contributed by atoms with E-state index in [2.05, 4.69) is 41.0 Å². The molecule has 35 heavy (non-hydrogen) atoms. The molecule has 0 aliphatic carbocycles. The molecule has 0 N–H and O–H groups in total. The molecule has 194 valence electrons. The minimum atomic E-state index is -3.71. The summed E-state index contributed by atoms with van der Waals surface area (Å²) in [7, 11) is -3.23. The first-order chi connectivity index (χ1) is 16.7. The topological polar surface area (TPSA) is 65.1 Å². The number of rotatable bonds is 16. The van der Waals surface area contributed by atoms with Crippen molar-refractivity contribution in [3.05, 3.63) is 69.5 Å². The molecule has 0 aliphatic heterocycles. The van der Waals surface area contributed by atoms with Crippen molar-refractivity contribution in [3.63, 3.8) is 0 Å². The molecule has 2 aromatic carbocycles. The third-order valence-corrected chi connectivity index (χ3v) is 8.58. The fraction of sp³-hybridized carbons (Fsp3) is 0.440. The van der Waals surface area contributed by atoms with Crippen LogP contribution in [0.1, 0.15) is 11.1 Å². The molecular weight excluding hydrogens is 570 g/mol. The van der Waals surface area contributed by atoms with Gasteiger partial charge in [0, 0.05) is 9.88 Å². The van der Waals surface area contributed by atoms with Crippen molar-refractivity contribution >= 4 is 53.8 Å². The van der Waals surface area contributed by atoms with Gasteiger partial charge in [-0.1, -0.05) is 40.2 Å². The summed E-state index contributed by atoms with van der Waals surface area (Å²) in [5.41, 5.74) is 1.81. The van der Waals surface area contributed by atoms with Gasteiger partial charge < -0.3 is 14.2 Å². The van der Waals surface area contributed by atoms with Crippen LogP contribution in [0.3, 0.4) is 0 Å². The fourth-order valence-corrected chi connectivity index (χ4v) is 4.98. The quantitative estimate of drug-likeness (QED) is 0.162. The first-order valence-electron chi connectivity index (χ1n) is 11.0. The molecule has 0 heterocycles. The predicted octanol–water partition coefficient (Wildman–Crippen LogP) is 4.33. The van der Waals surface area contributed by atoms with Crippen LogP contribution in [0, 0.1) is 0 Å². The molecule has 0 aliphatic rings. The second-order valence-electron chi connectivity index (χ2n) is 8.24. The third kappa shape index (κ3) is 12.7. The summed E-state index contributed by atoms with van der Waals surface area (Å²) in [5, 5.41) is 1.20. The third-order valence-electron chi connectivity index (χ3n) is 4.71. The van der Waals surface area contributed by atoms with Gasteiger partial charge in [-0.2, -0.15) is 0 Å². The summed E-state index contributed by atoms with van der Waals surface area (Å²) < 4.78 is 45.3. The minimum absolute atomic E-state index is 0.0315. The molecule has 0 spiro atoms. The predicted molar refractivity (Wildman–Crippen MR) is 155 cm³/mol. The normalized spacial score (nSPS) is 12.3. The summed E-state index contributed by atoms with van der Waals surface area (Å²) in [6.45, 7) is 1.42. The van der Waals surface area contributed by atoms with Gasteiger partial charge >= 0.3 is 0 Å². The molecule has 2 aromatic rings. The van der Waals surface area contributed by atoms with Gasteiger partial charge in [0.05, 0.1) is 38.2 Å². The highest BCUT2D eigenvalue weighted by Crippen LogP contribution is 2.18. The van der Waals surface area contributed by atoms with Crippen LogP contribution in [0.4, 0.5) is 0 Å². The Kier molecular flexibility index (Phi) is 13.8. The van der Waals surface area contributed by atoms with Crippen LogP contribution in [-0.4, -0.2) is 75.9 Å². The highest BCUT2D eigenvalue weighted by molar-refractivity contribution is 9.10. The number of sulfonamides is 1. The Balaban J connectivity index is 1.96. The molecule has 0 bridgehead atoms. The lowest BCUT2D eigenvalue weighted by atomic mass is 10.2. The van der Waals surface area contributed by atoms with E-state index < -0.39 is 10.0 Å². The van der Waals surface area contributed by atoms with Crippen LogP contribution in [0.15, 0.2) is 58.4 Å². The Bertz CT molecular complexity index is 998. The van der Waals surface area contributed by atoms with E-state index in [1.54, 1.807) is 6.08 Å². The first-order valence-corrected chi connectivity index (χ1v) is 17.8. The van der Waals surface area contributed by atoms with Gasteiger partial charge in [-0.05, 0) is 63.3 Å². The molecule has 0 amide bonds. The molecule has 0 fully saturated rings. The summed E-state index contributed by atoms with van der Waals surface area (Å²) in [6.07, 6.45) is 10.1. The average Bonchev–Trinajstić information content (AvgIpc) is 2.80. The van der Waals surface area contributed by atoms with E-state index in [0.717, 1.165) is 27.1 Å². The first kappa shape index (κ1) is 30.2. The summed E-state index contributed by atoms with van der Waals surface area (Å²) in [4.78, 5) is 0. The molecule has 0 saturated carbocycles. The van der Waals surface area contributed by atoms with Crippen LogP contribution >= 0.6 is 15.9 Å². The zero-order valence-electron chi connectivity index (χ0n) is 20.8. The maximum atomic E-state index is 13.0. The van der Waals surface area contributed by atoms with E-state index in [1.165, 1.54) is 9.71 Å². The summed E-state index contributed by atoms with van der Waals surface area (Å²) in [6, 6.07) is 15.2. The zero-order chi connectivity index (χ0) is 25.7. The largest absolute Gasteiger partial charge is 0.489 e. The van der Waals surface area contributed by atoms with E-state index >= 15 is 0 Å². The van der Waals surface area contributed by atoms with Crippen LogP contribution in [-0.2, 0) is 47.9 Å². The molecule has 0 saturated heterocycles. The van der Waals surface area contributed by atoms with Crippen LogP contribution in [0.2, 0.25) is 0 Å². The monoisotopic (exact) mass is 605 g/mol. The van der Waals surface area contributed by atoms with Gasteiger partial charge in [0.15, 0.2) is 0 Å². The van der Waals surface area contributed by atoms with Crippen molar-refractivity contribution in [3.8, 4) is 5.75 Å². The summed E-state index contributed by atoms with van der Waals surface area (Å²) >= 11 is 3.46. The van der Waals surface area contributed by atoms with Crippen molar-refractivity contribution in [2.24, 2.45) is 0 Å². The Morgan fingerprint density at radius 3 is 2.06 bits per heavy atom. The maximum absolute atomic E-state index is 13.0. The Labute approximate surface area is 224 Å². The van der Waals surface area contributed by atoms with Gasteiger partial charge in [0.25, 0.3) is 0 Å². The molecule has 0 radical (unpaired) electrons. The molecule has 2 rings (SSSR count). The molecule has 0 aromatic heterocycles. The molecule has 6 nitrogen and oxygen atoms in total. The van der Waals surface area contributed by atoms with Gasteiger partial charge in [0.2, 0.25) is 10.0 Å². The molecule has 0 atom stereocenters. The lowest BCUT2D eigenvalue weighted by Gasteiger charge is -2.19. The highest BCUT2D eigenvalue weighted by Gasteiger charge is 2.20. The smallest absolute Gasteiger partial charge is 0.240 e. The van der Waals surface area contributed by atoms with Crippen LogP contribution in [0.5, 0.6) is 5.75 Å². The number of halogens is 1. The molecule has 0 unspecified atom stereocenters. The lowest BCUT2D eigenvalue weighted by Crippen LogP contribution is -2.35. The van der Waals surface area contributed by atoms with Crippen LogP contribution < -0.4 is 4.74 Å². The second kappa shape index (κ2) is 16.0. The zero-order valence-corrected chi connectivity index (χ0v) is 24.8. The van der Waals surface area contributed by atoms with E-state index in [1.807, 2.05) is 48.5 Å². The molecular formula is C25H36BrNO5S3+2.